The zero-order valence-corrected chi connectivity index (χ0v) is 13.4. The summed E-state index contributed by atoms with van der Waals surface area (Å²) in [6.45, 7) is 0.489. The van der Waals surface area contributed by atoms with Crippen molar-refractivity contribution in [2.24, 2.45) is 5.92 Å². The summed E-state index contributed by atoms with van der Waals surface area (Å²) < 4.78 is 5.30. The Hall–Kier alpha value is -1.64. The second-order valence-electron chi connectivity index (χ2n) is 5.88. The van der Waals surface area contributed by atoms with Crippen molar-refractivity contribution in [3.8, 4) is 11.1 Å². The number of ether oxygens (including phenoxy) is 1. The summed E-state index contributed by atoms with van der Waals surface area (Å²) in [5.41, 5.74) is 3.99. The van der Waals surface area contributed by atoms with Gasteiger partial charge in [-0.3, -0.25) is 4.79 Å². The van der Waals surface area contributed by atoms with Gasteiger partial charge in [0.15, 0.2) is 5.78 Å². The number of carbonyl (C=O) groups is 1. The van der Waals surface area contributed by atoms with Gasteiger partial charge < -0.3 is 4.74 Å². The number of methoxy groups -OCH3 is 1. The number of halogens is 1. The van der Waals surface area contributed by atoms with Gasteiger partial charge in [-0.2, -0.15) is 0 Å². The molecule has 3 heteroatoms. The van der Waals surface area contributed by atoms with E-state index in [1.54, 1.807) is 7.11 Å². The second kappa shape index (κ2) is 6.64. The van der Waals surface area contributed by atoms with Gasteiger partial charge in [-0.1, -0.05) is 35.9 Å². The van der Waals surface area contributed by atoms with Crippen molar-refractivity contribution in [2.75, 3.05) is 7.11 Å². The fourth-order valence-electron chi connectivity index (χ4n) is 2.66. The molecule has 0 aliphatic heterocycles. The number of rotatable bonds is 6. The second-order valence-corrected chi connectivity index (χ2v) is 6.32. The molecule has 0 heterocycles. The van der Waals surface area contributed by atoms with Gasteiger partial charge in [0.25, 0.3) is 0 Å². The third-order valence-corrected chi connectivity index (χ3v) is 4.31. The number of hydrogen-bond acceptors (Lipinski definition) is 2. The van der Waals surface area contributed by atoms with Crippen LogP contribution in [0.4, 0.5) is 0 Å². The third-order valence-electron chi connectivity index (χ3n) is 4.05. The van der Waals surface area contributed by atoms with Crippen LogP contribution >= 0.6 is 11.6 Å². The van der Waals surface area contributed by atoms with E-state index in [0.717, 1.165) is 22.3 Å². The highest BCUT2D eigenvalue weighted by Crippen LogP contribution is 2.34. The molecule has 0 saturated heterocycles. The Balaban J connectivity index is 1.92. The summed E-state index contributed by atoms with van der Waals surface area (Å²) in [5, 5.41) is 0.716. The molecule has 0 amide bonds. The van der Waals surface area contributed by atoms with Crippen LogP contribution in [0, 0.1) is 5.92 Å². The van der Waals surface area contributed by atoms with E-state index >= 15 is 0 Å². The maximum absolute atomic E-state index is 12.3. The van der Waals surface area contributed by atoms with Crippen molar-refractivity contribution in [2.45, 2.75) is 25.9 Å². The molecule has 0 aromatic heterocycles. The zero-order valence-electron chi connectivity index (χ0n) is 12.6. The van der Waals surface area contributed by atoms with Gasteiger partial charge in [0, 0.05) is 24.1 Å². The molecular formula is C19H19ClO2. The van der Waals surface area contributed by atoms with Crippen molar-refractivity contribution in [3.63, 3.8) is 0 Å². The van der Waals surface area contributed by atoms with E-state index in [1.807, 2.05) is 42.5 Å². The Morgan fingerprint density at radius 3 is 2.55 bits per heavy atom. The number of ketones is 1. The van der Waals surface area contributed by atoms with Crippen LogP contribution < -0.4 is 0 Å². The molecule has 3 rings (SSSR count). The van der Waals surface area contributed by atoms with Crippen molar-refractivity contribution in [1.29, 1.82) is 0 Å². The number of carbonyl (C=O) groups excluding carboxylic acids is 1. The van der Waals surface area contributed by atoms with Crippen molar-refractivity contribution < 1.29 is 9.53 Å². The first-order valence-corrected chi connectivity index (χ1v) is 7.96. The highest BCUT2D eigenvalue weighted by molar-refractivity contribution is 6.30. The maximum Gasteiger partial charge on any atom is 0.163 e. The van der Waals surface area contributed by atoms with E-state index in [1.165, 1.54) is 12.8 Å². The summed E-state index contributed by atoms with van der Waals surface area (Å²) >= 11 is 5.95. The molecular weight excluding hydrogens is 296 g/mol. The molecule has 0 spiro atoms. The quantitative estimate of drug-likeness (QED) is 0.690. The molecule has 1 aliphatic rings. The molecule has 0 bridgehead atoms. The molecule has 1 aliphatic carbocycles. The van der Waals surface area contributed by atoms with Gasteiger partial charge in [0.05, 0.1) is 6.61 Å². The molecule has 0 unspecified atom stereocenters. The molecule has 0 atom stereocenters. The van der Waals surface area contributed by atoms with Crippen LogP contribution in [0.25, 0.3) is 11.1 Å². The van der Waals surface area contributed by atoms with Crippen LogP contribution in [-0.2, 0) is 11.3 Å². The number of Topliss-reactive ketones (excluding diaryl/α,β-unsaturated/α-hetero) is 1. The molecule has 0 radical (unpaired) electrons. The fourth-order valence-corrected chi connectivity index (χ4v) is 2.78. The van der Waals surface area contributed by atoms with Crippen LogP contribution in [0.1, 0.15) is 35.2 Å². The van der Waals surface area contributed by atoms with E-state index in [9.17, 15) is 4.79 Å². The standard InChI is InChI=1S/C19H19ClO2/c1-22-12-16-11-15(19(21)10-13-2-3-13)6-9-18(16)14-4-7-17(20)8-5-14/h4-9,11,13H,2-3,10,12H2,1H3. The van der Waals surface area contributed by atoms with E-state index in [2.05, 4.69) is 0 Å². The Morgan fingerprint density at radius 1 is 1.18 bits per heavy atom. The first kappa shape index (κ1) is 15.3. The van der Waals surface area contributed by atoms with Crippen LogP contribution in [0.2, 0.25) is 5.02 Å². The predicted molar refractivity (Wildman–Crippen MR) is 89.3 cm³/mol. The number of hydrogen-bond donors (Lipinski definition) is 0. The highest BCUT2D eigenvalue weighted by Gasteiger charge is 2.25. The van der Waals surface area contributed by atoms with E-state index < -0.39 is 0 Å². The molecule has 114 valence electrons. The van der Waals surface area contributed by atoms with Crippen molar-refractivity contribution >= 4 is 17.4 Å². The summed E-state index contributed by atoms with van der Waals surface area (Å²) in [6.07, 6.45) is 3.06. The van der Waals surface area contributed by atoms with Crippen LogP contribution in [-0.4, -0.2) is 12.9 Å². The minimum absolute atomic E-state index is 0.238. The smallest absolute Gasteiger partial charge is 0.163 e. The van der Waals surface area contributed by atoms with Gasteiger partial charge >= 0.3 is 0 Å². The highest BCUT2D eigenvalue weighted by atomic mass is 35.5. The van der Waals surface area contributed by atoms with Gasteiger partial charge in [-0.05, 0) is 53.6 Å². The molecule has 2 aromatic rings. The largest absolute Gasteiger partial charge is 0.380 e. The Labute approximate surface area is 136 Å². The SMILES string of the molecule is COCc1cc(C(=O)CC2CC2)ccc1-c1ccc(Cl)cc1. The van der Waals surface area contributed by atoms with Crippen LogP contribution in [0.15, 0.2) is 42.5 Å². The minimum atomic E-state index is 0.238. The lowest BCUT2D eigenvalue weighted by Crippen LogP contribution is -2.02. The van der Waals surface area contributed by atoms with Crippen LogP contribution in [0.5, 0.6) is 0 Å². The monoisotopic (exact) mass is 314 g/mol. The van der Waals surface area contributed by atoms with Gasteiger partial charge in [0.2, 0.25) is 0 Å². The molecule has 1 fully saturated rings. The molecule has 0 N–H and O–H groups in total. The lowest BCUT2D eigenvalue weighted by molar-refractivity contribution is 0.0976. The summed E-state index contributed by atoms with van der Waals surface area (Å²) in [4.78, 5) is 12.3. The number of benzene rings is 2. The Morgan fingerprint density at radius 2 is 1.91 bits per heavy atom. The summed E-state index contributed by atoms with van der Waals surface area (Å²) in [6, 6.07) is 13.6. The average Bonchev–Trinajstić information content (AvgIpc) is 3.32. The summed E-state index contributed by atoms with van der Waals surface area (Å²) in [5.74, 6) is 0.844. The van der Waals surface area contributed by atoms with Crippen molar-refractivity contribution in [3.05, 3.63) is 58.6 Å². The fraction of sp³-hybridized carbons (Fsp3) is 0.316. The Kier molecular flexibility index (Phi) is 4.60. The van der Waals surface area contributed by atoms with Crippen LogP contribution in [0.3, 0.4) is 0 Å². The lowest BCUT2D eigenvalue weighted by Gasteiger charge is -2.11. The first-order chi connectivity index (χ1) is 10.7. The molecule has 2 nitrogen and oxygen atoms in total. The third kappa shape index (κ3) is 3.57. The van der Waals surface area contributed by atoms with Gasteiger partial charge in [0.1, 0.15) is 0 Å². The summed E-state index contributed by atoms with van der Waals surface area (Å²) in [7, 11) is 1.67. The Bertz CT molecular complexity index is 672. The van der Waals surface area contributed by atoms with E-state index in [0.29, 0.717) is 24.0 Å². The molecule has 1 saturated carbocycles. The normalized spacial score (nSPS) is 14.1. The molecule has 2 aromatic carbocycles. The van der Waals surface area contributed by atoms with E-state index in [-0.39, 0.29) is 5.78 Å². The topological polar surface area (TPSA) is 26.3 Å². The average molecular weight is 315 g/mol. The molecule has 22 heavy (non-hydrogen) atoms. The maximum atomic E-state index is 12.3. The minimum Gasteiger partial charge on any atom is -0.380 e. The first-order valence-electron chi connectivity index (χ1n) is 7.58. The van der Waals surface area contributed by atoms with E-state index in [4.69, 9.17) is 16.3 Å². The van der Waals surface area contributed by atoms with Crippen molar-refractivity contribution in [1.82, 2.24) is 0 Å². The zero-order chi connectivity index (χ0) is 15.5. The predicted octanol–water partition coefficient (Wildman–Crippen LogP) is 5.14. The van der Waals surface area contributed by atoms with Gasteiger partial charge in [-0.15, -0.1) is 0 Å². The lowest BCUT2D eigenvalue weighted by atomic mass is 9.95. The van der Waals surface area contributed by atoms with Gasteiger partial charge in [-0.25, -0.2) is 0 Å².